The van der Waals surface area contributed by atoms with Gasteiger partial charge in [-0.05, 0) is 111 Å². The van der Waals surface area contributed by atoms with E-state index in [4.69, 9.17) is 4.74 Å². The van der Waals surface area contributed by atoms with Gasteiger partial charge in [0.25, 0.3) is 0 Å². The van der Waals surface area contributed by atoms with Gasteiger partial charge in [-0.15, -0.1) is 0 Å². The molecular formula is C30H52O5. The van der Waals surface area contributed by atoms with Crippen molar-refractivity contribution in [2.45, 2.75) is 148 Å². The van der Waals surface area contributed by atoms with Crippen LogP contribution in [0.4, 0.5) is 0 Å². The first-order chi connectivity index (χ1) is 15.9. The van der Waals surface area contributed by atoms with Gasteiger partial charge in [0.2, 0.25) is 0 Å². The Morgan fingerprint density at radius 2 is 1.66 bits per heavy atom. The van der Waals surface area contributed by atoms with Gasteiger partial charge >= 0.3 is 0 Å². The highest BCUT2D eigenvalue weighted by Crippen LogP contribution is 2.56. The quantitative estimate of drug-likeness (QED) is 0.370. The Kier molecular flexibility index (Phi) is 8.13. The van der Waals surface area contributed by atoms with E-state index >= 15 is 0 Å². The summed E-state index contributed by atoms with van der Waals surface area (Å²) >= 11 is 0. The molecule has 202 valence electrons. The predicted molar refractivity (Wildman–Crippen MR) is 141 cm³/mol. The van der Waals surface area contributed by atoms with Gasteiger partial charge in [0.05, 0.1) is 35.1 Å². The highest BCUT2D eigenvalue weighted by molar-refractivity contribution is 5.27. The molecule has 0 spiro atoms. The molecule has 3 aliphatic rings. The fourth-order valence-corrected chi connectivity index (χ4v) is 7.42. The van der Waals surface area contributed by atoms with Crippen LogP contribution in [0.2, 0.25) is 0 Å². The number of allylic oxidation sites excluding steroid dienone is 2. The molecule has 5 nitrogen and oxygen atoms in total. The Labute approximate surface area is 213 Å². The molecule has 7 atom stereocenters. The first-order valence-corrected chi connectivity index (χ1v) is 13.8. The van der Waals surface area contributed by atoms with Crippen LogP contribution in [0.3, 0.4) is 0 Å². The summed E-state index contributed by atoms with van der Waals surface area (Å²) in [7, 11) is 0. The third-order valence-electron chi connectivity index (χ3n) is 9.88. The van der Waals surface area contributed by atoms with Crippen molar-refractivity contribution < 1.29 is 25.2 Å². The van der Waals surface area contributed by atoms with E-state index < -0.39 is 29.0 Å². The summed E-state index contributed by atoms with van der Waals surface area (Å²) in [4.78, 5) is 0. The standard InChI is InChI=1S/C30H52O5/c1-20-10-13-24(32)28(6,17-9-16-26(2,3)33)21(20)11-12-22-29(7)18-14-23(31)27(4,5)35-25(29)15-19-30(22,8)34/h9,16,22-25,31-34H,10-15,17-19H2,1-8H3. The minimum Gasteiger partial charge on any atom is -0.392 e. The highest BCUT2D eigenvalue weighted by atomic mass is 16.5. The molecular weight excluding hydrogens is 440 g/mol. The van der Waals surface area contributed by atoms with Crippen LogP contribution in [0.15, 0.2) is 23.3 Å². The molecule has 4 N–H and O–H groups in total. The van der Waals surface area contributed by atoms with Gasteiger partial charge in [-0.3, -0.25) is 0 Å². The van der Waals surface area contributed by atoms with Crippen LogP contribution in [0.5, 0.6) is 0 Å². The molecule has 5 heteroatoms. The lowest BCUT2D eigenvalue weighted by atomic mass is 9.55. The number of fused-ring (bicyclic) bond motifs is 1. The second-order valence-electron chi connectivity index (χ2n) is 13.7. The largest absolute Gasteiger partial charge is 0.392 e. The van der Waals surface area contributed by atoms with Gasteiger partial charge in [-0.1, -0.05) is 37.1 Å². The van der Waals surface area contributed by atoms with Crippen LogP contribution in [-0.4, -0.2) is 55.5 Å². The first-order valence-electron chi connectivity index (χ1n) is 13.8. The molecule has 0 amide bonds. The van der Waals surface area contributed by atoms with Crippen molar-refractivity contribution in [3.05, 3.63) is 23.3 Å². The van der Waals surface area contributed by atoms with Crippen molar-refractivity contribution in [1.82, 2.24) is 0 Å². The normalized spacial score (nSPS) is 42.7. The monoisotopic (exact) mass is 492 g/mol. The number of hydrogen-bond donors (Lipinski definition) is 4. The first kappa shape index (κ1) is 28.8. The number of ether oxygens (including phenoxy) is 1. The fourth-order valence-electron chi connectivity index (χ4n) is 7.42. The smallest absolute Gasteiger partial charge is 0.0888 e. The Morgan fingerprint density at radius 1 is 1.00 bits per heavy atom. The number of rotatable bonds is 6. The van der Waals surface area contributed by atoms with Gasteiger partial charge in [-0.2, -0.15) is 0 Å². The molecule has 1 aliphatic heterocycles. The van der Waals surface area contributed by atoms with Crippen molar-refractivity contribution in [3.63, 3.8) is 0 Å². The van der Waals surface area contributed by atoms with Gasteiger partial charge in [0, 0.05) is 5.41 Å². The average Bonchev–Trinajstić information content (AvgIpc) is 2.80. The summed E-state index contributed by atoms with van der Waals surface area (Å²) in [5, 5.41) is 43.6. The van der Waals surface area contributed by atoms with Crippen LogP contribution in [0, 0.1) is 16.7 Å². The van der Waals surface area contributed by atoms with E-state index in [0.717, 1.165) is 38.5 Å². The Bertz CT molecular complexity index is 819. The molecule has 0 radical (unpaired) electrons. The minimum atomic E-state index is -0.878. The van der Waals surface area contributed by atoms with Crippen molar-refractivity contribution in [3.8, 4) is 0 Å². The lowest BCUT2D eigenvalue weighted by Gasteiger charge is -2.54. The zero-order chi connectivity index (χ0) is 26.4. The molecule has 35 heavy (non-hydrogen) atoms. The summed E-state index contributed by atoms with van der Waals surface area (Å²) in [5.74, 6) is 0.0328. The average molecular weight is 493 g/mol. The summed E-state index contributed by atoms with van der Waals surface area (Å²) in [5.41, 5.74) is -0.232. The van der Waals surface area contributed by atoms with Crippen molar-refractivity contribution in [2.75, 3.05) is 0 Å². The van der Waals surface area contributed by atoms with Crippen LogP contribution < -0.4 is 0 Å². The lowest BCUT2D eigenvalue weighted by molar-refractivity contribution is -0.205. The summed E-state index contributed by atoms with van der Waals surface area (Å²) < 4.78 is 6.55. The van der Waals surface area contributed by atoms with E-state index in [1.54, 1.807) is 13.8 Å². The maximum Gasteiger partial charge on any atom is 0.0888 e. The third kappa shape index (κ3) is 5.90. The van der Waals surface area contributed by atoms with Crippen molar-refractivity contribution >= 4 is 0 Å². The molecule has 1 heterocycles. The van der Waals surface area contributed by atoms with Crippen LogP contribution >= 0.6 is 0 Å². The zero-order valence-electron chi connectivity index (χ0n) is 23.5. The number of aliphatic hydroxyl groups excluding tert-OH is 2. The summed E-state index contributed by atoms with van der Waals surface area (Å²) in [6.45, 7) is 16.1. The topological polar surface area (TPSA) is 90.2 Å². The van der Waals surface area contributed by atoms with E-state index in [1.807, 2.05) is 32.9 Å². The lowest BCUT2D eigenvalue weighted by Crippen LogP contribution is -2.56. The zero-order valence-corrected chi connectivity index (χ0v) is 23.5. The Balaban J connectivity index is 1.88. The molecule has 0 aromatic rings. The predicted octanol–water partition coefficient (Wildman–Crippen LogP) is 5.45. The van der Waals surface area contributed by atoms with Crippen molar-refractivity contribution in [1.29, 1.82) is 0 Å². The van der Waals surface area contributed by atoms with Crippen LogP contribution in [0.25, 0.3) is 0 Å². The highest BCUT2D eigenvalue weighted by Gasteiger charge is 2.56. The third-order valence-corrected chi connectivity index (χ3v) is 9.88. The molecule has 2 fully saturated rings. The molecule has 0 aromatic carbocycles. The fraction of sp³-hybridized carbons (Fsp3) is 0.867. The summed E-state index contributed by atoms with van der Waals surface area (Å²) in [6, 6.07) is 0. The molecule has 1 saturated heterocycles. The maximum atomic E-state index is 11.6. The Hall–Kier alpha value is -0.720. The molecule has 0 aromatic heterocycles. The molecule has 1 saturated carbocycles. The molecule has 3 rings (SSSR count). The van der Waals surface area contributed by atoms with Gasteiger partial charge < -0.3 is 25.2 Å². The van der Waals surface area contributed by atoms with E-state index in [2.05, 4.69) is 20.8 Å². The van der Waals surface area contributed by atoms with Crippen LogP contribution in [0.1, 0.15) is 113 Å². The molecule has 2 aliphatic carbocycles. The van der Waals surface area contributed by atoms with E-state index in [1.165, 1.54) is 11.1 Å². The van der Waals surface area contributed by atoms with Crippen molar-refractivity contribution in [2.24, 2.45) is 16.7 Å². The molecule has 7 unspecified atom stereocenters. The Morgan fingerprint density at radius 3 is 2.29 bits per heavy atom. The van der Waals surface area contributed by atoms with Crippen LogP contribution in [-0.2, 0) is 4.74 Å². The van der Waals surface area contributed by atoms with E-state index in [9.17, 15) is 20.4 Å². The van der Waals surface area contributed by atoms with Gasteiger partial charge in [-0.25, -0.2) is 0 Å². The van der Waals surface area contributed by atoms with Gasteiger partial charge in [0.15, 0.2) is 0 Å². The number of hydrogen-bond acceptors (Lipinski definition) is 5. The second-order valence-corrected chi connectivity index (χ2v) is 13.7. The second kappa shape index (κ2) is 9.87. The maximum absolute atomic E-state index is 11.6. The number of aliphatic hydroxyl groups is 4. The SMILES string of the molecule is CC1=C(CCC2C(C)(O)CCC3OC(C)(C)C(O)CCC32C)C(C)(CC=CC(C)(C)O)C(O)CC1. The summed E-state index contributed by atoms with van der Waals surface area (Å²) in [6.07, 6.45) is 9.86. The van der Waals surface area contributed by atoms with Gasteiger partial charge in [0.1, 0.15) is 0 Å². The minimum absolute atomic E-state index is 0.00741. The molecule has 0 bridgehead atoms. The van der Waals surface area contributed by atoms with E-state index in [-0.39, 0.29) is 22.9 Å². The van der Waals surface area contributed by atoms with E-state index in [0.29, 0.717) is 19.3 Å².